The molecule has 2 heterocycles. The van der Waals surface area contributed by atoms with Crippen LogP contribution in [0.4, 0.5) is 0 Å². The minimum atomic E-state index is -1.70. The van der Waals surface area contributed by atoms with E-state index in [2.05, 4.69) is 13.8 Å². The summed E-state index contributed by atoms with van der Waals surface area (Å²) in [5.74, 6) is -0.367. The van der Waals surface area contributed by atoms with Gasteiger partial charge in [0.2, 0.25) is 0 Å². The van der Waals surface area contributed by atoms with Crippen LogP contribution in [-0.4, -0.2) is 142 Å². The number of hydrogen-bond acceptors (Lipinski definition) is 14. The van der Waals surface area contributed by atoms with E-state index in [1.165, 1.54) is 212 Å². The van der Waals surface area contributed by atoms with Crippen LogP contribution in [0.3, 0.4) is 0 Å². The molecule has 440 valence electrons. The summed E-state index contributed by atoms with van der Waals surface area (Å²) in [7, 11) is 0. The van der Waals surface area contributed by atoms with Crippen LogP contribution >= 0.6 is 0 Å². The van der Waals surface area contributed by atoms with E-state index in [9.17, 15) is 40.5 Å². The normalized spacial score (nSPS) is 24.7. The molecule has 2 rings (SSSR count). The largest absolute Gasteiger partial charge is 0.457 e. The molecule has 0 radical (unpaired) electrons. The zero-order chi connectivity index (χ0) is 53.7. The zero-order valence-corrected chi connectivity index (χ0v) is 47.4. The highest BCUT2D eigenvalue weighted by Gasteiger charge is 2.47. The Kier molecular flexibility index (Phi) is 44.8. The molecule has 0 bridgehead atoms. The second-order valence-corrected chi connectivity index (χ2v) is 22.3. The van der Waals surface area contributed by atoms with Crippen LogP contribution in [0.15, 0.2) is 0 Å². The third kappa shape index (κ3) is 34.1. The van der Waals surface area contributed by atoms with E-state index >= 15 is 0 Å². The second kappa shape index (κ2) is 47.9. The molecule has 74 heavy (non-hydrogen) atoms. The summed E-state index contributed by atoms with van der Waals surface area (Å²) in [6.45, 7) is 3.77. The molecule has 0 amide bonds. The smallest absolute Gasteiger partial charge is 0.306 e. The van der Waals surface area contributed by atoms with Crippen molar-refractivity contribution < 1.29 is 69.0 Å². The Morgan fingerprint density at radius 3 is 1.09 bits per heavy atom. The monoisotopic (exact) mass is 1060 g/mol. The van der Waals surface area contributed by atoms with Gasteiger partial charge < -0.3 is 64.2 Å². The fraction of sp³-hybridized carbons (Fsp3) is 0.983. The molecule has 2 aliphatic heterocycles. The first kappa shape index (κ1) is 69.1. The van der Waals surface area contributed by atoms with E-state index in [0.29, 0.717) is 6.61 Å². The summed E-state index contributed by atoms with van der Waals surface area (Å²) in [5.41, 5.74) is 0. The average Bonchev–Trinajstić information content (AvgIpc) is 3.40. The number of esters is 1. The third-order valence-electron chi connectivity index (χ3n) is 15.4. The lowest BCUT2D eigenvalue weighted by Gasteiger charge is -2.42. The molecule has 0 aromatic rings. The van der Waals surface area contributed by atoms with Gasteiger partial charge in [-0.2, -0.15) is 0 Å². The standard InChI is InChI=1S/C60H116O14/c1-3-5-7-9-11-13-15-17-19-21-22-23-24-25-26-28-30-32-34-36-38-40-42-44-69-46-49(72-52(62)43-41-39-37-35-33-31-29-27-20-18-16-14-12-10-8-6-4-2)47-70-59-58(68)56(66)54(64)51(74-59)48-71-60-57(67)55(65)53(63)50(45-61)73-60/h49-51,53-61,63-68H,3-48H2,1-2H3. The number of ether oxygens (including phenoxy) is 6. The molecule has 0 aliphatic carbocycles. The van der Waals surface area contributed by atoms with Crippen molar-refractivity contribution in [3.63, 3.8) is 0 Å². The topological polar surface area (TPSA) is 214 Å². The number of carbonyl (C=O) groups excluding carboxylic acids is 1. The summed E-state index contributed by atoms with van der Waals surface area (Å²) >= 11 is 0. The molecule has 11 atom stereocenters. The molecule has 0 saturated carbocycles. The lowest BCUT2D eigenvalue weighted by atomic mass is 9.98. The number of aliphatic hydroxyl groups excluding tert-OH is 7. The molecule has 0 aromatic carbocycles. The fourth-order valence-corrected chi connectivity index (χ4v) is 10.3. The van der Waals surface area contributed by atoms with Crippen molar-refractivity contribution in [2.45, 2.75) is 345 Å². The van der Waals surface area contributed by atoms with Crippen LogP contribution < -0.4 is 0 Å². The lowest BCUT2D eigenvalue weighted by molar-refractivity contribution is -0.332. The van der Waals surface area contributed by atoms with Gasteiger partial charge in [-0.25, -0.2) is 0 Å². The second-order valence-electron chi connectivity index (χ2n) is 22.3. The summed E-state index contributed by atoms with van der Waals surface area (Å²) in [6, 6.07) is 0. The summed E-state index contributed by atoms with van der Waals surface area (Å²) in [6.07, 6.45) is 36.0. The number of carbonyl (C=O) groups is 1. The van der Waals surface area contributed by atoms with Crippen molar-refractivity contribution in [2.24, 2.45) is 0 Å². The third-order valence-corrected chi connectivity index (χ3v) is 15.4. The predicted octanol–water partition coefficient (Wildman–Crippen LogP) is 11.6. The molecule has 2 saturated heterocycles. The number of rotatable bonds is 52. The van der Waals surface area contributed by atoms with Crippen molar-refractivity contribution >= 4 is 5.97 Å². The van der Waals surface area contributed by atoms with Gasteiger partial charge in [-0.3, -0.25) is 4.79 Å². The van der Waals surface area contributed by atoms with Gasteiger partial charge in [0.25, 0.3) is 0 Å². The van der Waals surface area contributed by atoms with E-state index in [1.54, 1.807) is 0 Å². The van der Waals surface area contributed by atoms with E-state index in [-0.39, 0.29) is 25.6 Å². The zero-order valence-electron chi connectivity index (χ0n) is 47.4. The molecule has 14 heteroatoms. The number of unbranched alkanes of at least 4 members (excludes halogenated alkanes) is 38. The van der Waals surface area contributed by atoms with Crippen LogP contribution in [-0.2, 0) is 33.2 Å². The Morgan fingerprint density at radius 2 is 0.716 bits per heavy atom. The van der Waals surface area contributed by atoms with Crippen molar-refractivity contribution in [1.82, 2.24) is 0 Å². The summed E-state index contributed by atoms with van der Waals surface area (Å²) in [4.78, 5) is 13.1. The van der Waals surface area contributed by atoms with Crippen LogP contribution in [0.1, 0.15) is 277 Å². The lowest BCUT2D eigenvalue weighted by Crippen LogP contribution is -2.61. The van der Waals surface area contributed by atoms with Gasteiger partial charge in [0.05, 0.1) is 26.4 Å². The maximum absolute atomic E-state index is 13.1. The Bertz CT molecular complexity index is 1230. The molecule has 2 aliphatic rings. The van der Waals surface area contributed by atoms with Crippen LogP contribution in [0.2, 0.25) is 0 Å². The molecule has 0 spiro atoms. The predicted molar refractivity (Wildman–Crippen MR) is 294 cm³/mol. The Labute approximate surface area is 451 Å². The van der Waals surface area contributed by atoms with Gasteiger partial charge in [0.1, 0.15) is 54.9 Å². The molecule has 7 N–H and O–H groups in total. The van der Waals surface area contributed by atoms with Crippen molar-refractivity contribution in [3.8, 4) is 0 Å². The highest BCUT2D eigenvalue weighted by atomic mass is 16.7. The van der Waals surface area contributed by atoms with Crippen LogP contribution in [0.25, 0.3) is 0 Å². The first-order chi connectivity index (χ1) is 36.1. The van der Waals surface area contributed by atoms with Crippen molar-refractivity contribution in [3.05, 3.63) is 0 Å². The fourth-order valence-electron chi connectivity index (χ4n) is 10.3. The molecule has 11 unspecified atom stereocenters. The minimum absolute atomic E-state index is 0.0712. The Balaban J connectivity index is 1.67. The highest BCUT2D eigenvalue weighted by molar-refractivity contribution is 5.69. The minimum Gasteiger partial charge on any atom is -0.457 e. The van der Waals surface area contributed by atoms with E-state index in [4.69, 9.17) is 28.4 Å². The highest BCUT2D eigenvalue weighted by Crippen LogP contribution is 2.27. The quantitative estimate of drug-likeness (QED) is 0.0223. The van der Waals surface area contributed by atoms with Gasteiger partial charge in [-0.15, -0.1) is 0 Å². The summed E-state index contributed by atoms with van der Waals surface area (Å²) < 4.78 is 34.5. The number of hydrogen-bond donors (Lipinski definition) is 7. The van der Waals surface area contributed by atoms with Crippen molar-refractivity contribution in [1.29, 1.82) is 0 Å². The summed E-state index contributed by atoms with van der Waals surface area (Å²) in [5, 5.41) is 72.4. The van der Waals surface area contributed by atoms with Gasteiger partial charge in [0.15, 0.2) is 12.6 Å². The van der Waals surface area contributed by atoms with E-state index in [0.717, 1.165) is 44.9 Å². The maximum Gasteiger partial charge on any atom is 0.306 e. The molecule has 0 aromatic heterocycles. The average molecular weight is 1060 g/mol. The number of aliphatic hydroxyl groups is 7. The first-order valence-corrected chi connectivity index (χ1v) is 31.1. The van der Waals surface area contributed by atoms with Crippen LogP contribution in [0, 0.1) is 0 Å². The SMILES string of the molecule is CCCCCCCCCCCCCCCCCCCCCCCCCOCC(COC1OC(COC2OC(CO)C(O)C(O)C2O)C(O)C(O)C1O)OC(=O)CCCCCCCCCCCCCCCCCCC. The van der Waals surface area contributed by atoms with Gasteiger partial charge >= 0.3 is 5.97 Å². The van der Waals surface area contributed by atoms with Crippen LogP contribution in [0.5, 0.6) is 0 Å². The molecule has 2 fully saturated rings. The Morgan fingerprint density at radius 1 is 0.392 bits per heavy atom. The van der Waals surface area contributed by atoms with E-state index < -0.39 is 80.7 Å². The van der Waals surface area contributed by atoms with E-state index in [1.807, 2.05) is 0 Å². The van der Waals surface area contributed by atoms with Crippen molar-refractivity contribution in [2.75, 3.05) is 33.0 Å². The maximum atomic E-state index is 13.1. The Hall–Kier alpha value is -1.01. The molecular formula is C60H116O14. The van der Waals surface area contributed by atoms with Gasteiger partial charge in [-0.1, -0.05) is 258 Å². The molecule has 14 nitrogen and oxygen atoms in total. The molecular weight excluding hydrogens is 945 g/mol. The van der Waals surface area contributed by atoms with Gasteiger partial charge in [0, 0.05) is 13.0 Å². The first-order valence-electron chi connectivity index (χ1n) is 31.1. The van der Waals surface area contributed by atoms with Gasteiger partial charge in [-0.05, 0) is 12.8 Å².